The second kappa shape index (κ2) is 7.23. The molecule has 1 aliphatic heterocycles. The molecule has 1 unspecified atom stereocenters. The predicted molar refractivity (Wildman–Crippen MR) is 74.6 cm³/mol. The third kappa shape index (κ3) is 3.54. The number of rotatable bonds is 7. The van der Waals surface area contributed by atoms with Gasteiger partial charge in [0, 0.05) is 32.2 Å². The Morgan fingerprint density at radius 1 is 1.50 bits per heavy atom. The second-order valence-corrected chi connectivity index (χ2v) is 6.45. The molecule has 0 aromatic rings. The van der Waals surface area contributed by atoms with E-state index in [0.717, 1.165) is 19.3 Å². The van der Waals surface area contributed by atoms with Crippen molar-refractivity contribution in [1.29, 1.82) is 0 Å². The fourth-order valence-electron chi connectivity index (χ4n) is 2.40. The Kier molecular flexibility index (Phi) is 6.28. The molecular formula is C12H25N3O2S. The summed E-state index contributed by atoms with van der Waals surface area (Å²) in [7, 11) is -1.49. The first kappa shape index (κ1) is 15.6. The average molecular weight is 275 g/mol. The summed E-state index contributed by atoms with van der Waals surface area (Å²) < 4.78 is 28.3. The summed E-state index contributed by atoms with van der Waals surface area (Å²) in [4.78, 5) is 0. The lowest BCUT2D eigenvalue weighted by Crippen LogP contribution is -2.53. The highest BCUT2D eigenvalue weighted by Gasteiger charge is 2.34. The number of hydrogen-bond donors (Lipinski definition) is 1. The van der Waals surface area contributed by atoms with Gasteiger partial charge in [-0.1, -0.05) is 19.4 Å². The topological polar surface area (TPSA) is 52.7 Å². The van der Waals surface area contributed by atoms with Crippen LogP contribution in [0, 0.1) is 0 Å². The minimum Gasteiger partial charge on any atom is -0.318 e. The van der Waals surface area contributed by atoms with Gasteiger partial charge >= 0.3 is 0 Å². The first-order valence-corrected chi connectivity index (χ1v) is 8.00. The minimum atomic E-state index is -3.35. The monoisotopic (exact) mass is 275 g/mol. The van der Waals surface area contributed by atoms with Crippen molar-refractivity contribution >= 4 is 10.2 Å². The summed E-state index contributed by atoms with van der Waals surface area (Å²) in [6.07, 6.45) is 4.63. The van der Waals surface area contributed by atoms with E-state index < -0.39 is 10.2 Å². The quantitative estimate of drug-likeness (QED) is 0.700. The van der Waals surface area contributed by atoms with Gasteiger partial charge in [-0.2, -0.15) is 17.0 Å². The third-order valence-electron chi connectivity index (χ3n) is 3.32. The molecule has 0 aliphatic carbocycles. The van der Waals surface area contributed by atoms with Crippen LogP contribution < -0.4 is 5.32 Å². The van der Waals surface area contributed by atoms with Crippen molar-refractivity contribution in [2.24, 2.45) is 0 Å². The Hall–Kier alpha value is -0.430. The summed E-state index contributed by atoms with van der Waals surface area (Å²) in [5.41, 5.74) is 0. The Morgan fingerprint density at radius 2 is 2.22 bits per heavy atom. The SMILES string of the molecule is C=CCN(CC)S(=O)(=O)N1CCCCC1CNC. The van der Waals surface area contributed by atoms with Crippen LogP contribution >= 0.6 is 0 Å². The van der Waals surface area contributed by atoms with E-state index in [4.69, 9.17) is 0 Å². The van der Waals surface area contributed by atoms with E-state index >= 15 is 0 Å². The van der Waals surface area contributed by atoms with Crippen LogP contribution in [0.25, 0.3) is 0 Å². The lowest BCUT2D eigenvalue weighted by Gasteiger charge is -2.37. The van der Waals surface area contributed by atoms with Gasteiger partial charge in [0.15, 0.2) is 0 Å². The lowest BCUT2D eigenvalue weighted by molar-refractivity contribution is 0.232. The van der Waals surface area contributed by atoms with E-state index in [-0.39, 0.29) is 6.04 Å². The van der Waals surface area contributed by atoms with Gasteiger partial charge in [0.1, 0.15) is 0 Å². The zero-order valence-corrected chi connectivity index (χ0v) is 12.2. The maximum Gasteiger partial charge on any atom is 0.282 e. The Balaban J connectivity index is 2.88. The molecule has 1 fully saturated rings. The molecule has 106 valence electrons. The number of hydrogen-bond acceptors (Lipinski definition) is 3. The zero-order valence-electron chi connectivity index (χ0n) is 11.4. The summed E-state index contributed by atoms with van der Waals surface area (Å²) in [5, 5.41) is 3.08. The molecule has 1 N–H and O–H groups in total. The molecule has 1 atom stereocenters. The van der Waals surface area contributed by atoms with Gasteiger partial charge in [0.05, 0.1) is 0 Å². The maximum absolute atomic E-state index is 12.6. The third-order valence-corrected chi connectivity index (χ3v) is 5.45. The largest absolute Gasteiger partial charge is 0.318 e. The molecule has 0 radical (unpaired) electrons. The minimum absolute atomic E-state index is 0.0765. The van der Waals surface area contributed by atoms with Crippen LogP contribution in [0.5, 0.6) is 0 Å². The summed E-state index contributed by atoms with van der Waals surface area (Å²) in [5.74, 6) is 0. The first-order chi connectivity index (χ1) is 8.57. The molecular weight excluding hydrogens is 250 g/mol. The molecule has 1 rings (SSSR count). The highest BCUT2D eigenvalue weighted by Crippen LogP contribution is 2.22. The molecule has 5 nitrogen and oxygen atoms in total. The predicted octanol–water partition coefficient (Wildman–Crippen LogP) is 0.813. The highest BCUT2D eigenvalue weighted by atomic mass is 32.2. The van der Waals surface area contributed by atoms with Crippen molar-refractivity contribution in [1.82, 2.24) is 13.9 Å². The van der Waals surface area contributed by atoms with Crippen LogP contribution in [0.3, 0.4) is 0 Å². The van der Waals surface area contributed by atoms with Crippen molar-refractivity contribution in [2.75, 3.05) is 33.2 Å². The van der Waals surface area contributed by atoms with Crippen molar-refractivity contribution in [3.8, 4) is 0 Å². The normalized spacial score (nSPS) is 22.3. The van der Waals surface area contributed by atoms with E-state index in [0.29, 0.717) is 26.2 Å². The van der Waals surface area contributed by atoms with Crippen molar-refractivity contribution in [2.45, 2.75) is 32.2 Å². The molecule has 1 heterocycles. The first-order valence-electron chi connectivity index (χ1n) is 6.60. The molecule has 18 heavy (non-hydrogen) atoms. The maximum atomic E-state index is 12.6. The average Bonchev–Trinajstić information content (AvgIpc) is 2.36. The Morgan fingerprint density at radius 3 is 2.78 bits per heavy atom. The van der Waals surface area contributed by atoms with E-state index in [9.17, 15) is 8.42 Å². The molecule has 0 saturated carbocycles. The number of nitrogens with zero attached hydrogens (tertiary/aromatic N) is 2. The Bertz CT molecular complexity index is 354. The van der Waals surface area contributed by atoms with Crippen LogP contribution in [-0.4, -0.2) is 56.3 Å². The van der Waals surface area contributed by atoms with Gasteiger partial charge in [0.2, 0.25) is 0 Å². The van der Waals surface area contributed by atoms with E-state index in [2.05, 4.69) is 11.9 Å². The lowest BCUT2D eigenvalue weighted by atomic mass is 10.1. The Labute approximate surface area is 111 Å². The number of nitrogens with one attached hydrogen (secondary N) is 1. The van der Waals surface area contributed by atoms with Crippen LogP contribution in [0.1, 0.15) is 26.2 Å². The van der Waals surface area contributed by atoms with Gasteiger partial charge in [-0.3, -0.25) is 0 Å². The zero-order chi connectivity index (χ0) is 13.6. The number of piperidine rings is 1. The van der Waals surface area contributed by atoms with E-state index in [1.807, 2.05) is 14.0 Å². The number of likely N-dealkylation sites (N-methyl/N-ethyl adjacent to an activating group) is 2. The van der Waals surface area contributed by atoms with E-state index in [1.54, 1.807) is 10.4 Å². The summed E-state index contributed by atoms with van der Waals surface area (Å²) in [6.45, 7) is 7.68. The van der Waals surface area contributed by atoms with Gasteiger partial charge < -0.3 is 5.32 Å². The van der Waals surface area contributed by atoms with Crippen LogP contribution in [0.15, 0.2) is 12.7 Å². The fourth-order valence-corrected chi connectivity index (χ4v) is 4.23. The van der Waals surface area contributed by atoms with Crippen LogP contribution in [-0.2, 0) is 10.2 Å². The second-order valence-electron chi connectivity index (χ2n) is 4.57. The smallest absolute Gasteiger partial charge is 0.282 e. The van der Waals surface area contributed by atoms with Gasteiger partial charge in [-0.15, -0.1) is 6.58 Å². The van der Waals surface area contributed by atoms with Gasteiger partial charge in [-0.05, 0) is 19.9 Å². The molecule has 0 spiro atoms. The van der Waals surface area contributed by atoms with E-state index in [1.165, 1.54) is 4.31 Å². The van der Waals surface area contributed by atoms with Crippen LogP contribution in [0.4, 0.5) is 0 Å². The standard InChI is InChI=1S/C12H25N3O2S/c1-4-9-14(5-2)18(16,17)15-10-7-6-8-12(15)11-13-3/h4,12-13H,1,5-11H2,2-3H3. The van der Waals surface area contributed by atoms with Crippen molar-refractivity contribution in [3.63, 3.8) is 0 Å². The molecule has 0 aromatic carbocycles. The molecule has 0 aromatic heterocycles. The molecule has 1 aliphatic rings. The van der Waals surface area contributed by atoms with Gasteiger partial charge in [0.25, 0.3) is 10.2 Å². The summed E-state index contributed by atoms with van der Waals surface area (Å²) in [6, 6.07) is 0.0765. The highest BCUT2D eigenvalue weighted by molar-refractivity contribution is 7.86. The van der Waals surface area contributed by atoms with Crippen molar-refractivity contribution in [3.05, 3.63) is 12.7 Å². The summed E-state index contributed by atoms with van der Waals surface area (Å²) >= 11 is 0. The van der Waals surface area contributed by atoms with Gasteiger partial charge in [-0.25, -0.2) is 0 Å². The molecule has 0 bridgehead atoms. The van der Waals surface area contributed by atoms with Crippen molar-refractivity contribution < 1.29 is 8.42 Å². The molecule has 0 amide bonds. The van der Waals surface area contributed by atoms with Crippen LogP contribution in [0.2, 0.25) is 0 Å². The fraction of sp³-hybridized carbons (Fsp3) is 0.833. The molecule has 6 heteroatoms. The molecule has 1 saturated heterocycles.